The largest absolute Gasteiger partial charge is 0.396 e. The van der Waals surface area contributed by atoms with Crippen LogP contribution < -0.4 is 5.32 Å². The van der Waals surface area contributed by atoms with Crippen LogP contribution in [-0.4, -0.2) is 46.7 Å². The molecule has 2 atom stereocenters. The van der Waals surface area contributed by atoms with Crippen LogP contribution in [0.2, 0.25) is 0 Å². The van der Waals surface area contributed by atoms with Crippen molar-refractivity contribution < 1.29 is 9.90 Å². The van der Waals surface area contributed by atoms with Crippen LogP contribution in [0.4, 0.5) is 0 Å². The Labute approximate surface area is 114 Å². The third-order valence-corrected chi connectivity index (χ3v) is 4.40. The van der Waals surface area contributed by atoms with Gasteiger partial charge in [0.05, 0.1) is 5.25 Å². The molecule has 0 bridgehead atoms. The fourth-order valence-electron chi connectivity index (χ4n) is 1.35. The molecule has 0 saturated carbocycles. The lowest BCUT2D eigenvalue weighted by Crippen LogP contribution is -2.41. The van der Waals surface area contributed by atoms with Gasteiger partial charge in [-0.05, 0) is 31.8 Å². The number of hydrogen-bond acceptors (Lipinski definition) is 4. The van der Waals surface area contributed by atoms with E-state index in [4.69, 9.17) is 5.11 Å². The summed E-state index contributed by atoms with van der Waals surface area (Å²) in [4.78, 5) is 11.9. The number of amides is 1. The van der Waals surface area contributed by atoms with Crippen LogP contribution in [0.15, 0.2) is 0 Å². The lowest BCUT2D eigenvalue weighted by Gasteiger charge is -2.19. The molecule has 0 spiro atoms. The van der Waals surface area contributed by atoms with Gasteiger partial charge in [0.2, 0.25) is 5.91 Å². The molecule has 2 N–H and O–H groups in total. The number of rotatable bonds is 10. The SMILES string of the molecule is CCCCSC(C)C(=O)NC(CCO)CSC. The Bertz CT molecular complexity index is 197. The number of thioether (sulfide) groups is 2. The van der Waals surface area contributed by atoms with Crippen LogP contribution in [0.25, 0.3) is 0 Å². The third kappa shape index (κ3) is 8.80. The maximum Gasteiger partial charge on any atom is 0.233 e. The van der Waals surface area contributed by atoms with Crippen LogP contribution in [0.5, 0.6) is 0 Å². The quantitative estimate of drug-likeness (QED) is 0.602. The van der Waals surface area contributed by atoms with Crippen molar-refractivity contribution in [3.05, 3.63) is 0 Å². The molecule has 17 heavy (non-hydrogen) atoms. The van der Waals surface area contributed by atoms with E-state index in [1.54, 1.807) is 23.5 Å². The predicted molar refractivity (Wildman–Crippen MR) is 78.8 cm³/mol. The van der Waals surface area contributed by atoms with E-state index in [9.17, 15) is 4.79 Å². The molecule has 1 amide bonds. The zero-order chi connectivity index (χ0) is 13.1. The second-order valence-corrected chi connectivity index (χ2v) is 6.40. The monoisotopic (exact) mass is 279 g/mol. The molecule has 102 valence electrons. The van der Waals surface area contributed by atoms with Gasteiger partial charge in [-0.15, -0.1) is 11.8 Å². The maximum absolute atomic E-state index is 11.9. The summed E-state index contributed by atoms with van der Waals surface area (Å²) in [6, 6.07) is 0.0942. The maximum atomic E-state index is 11.9. The summed E-state index contributed by atoms with van der Waals surface area (Å²) in [6.45, 7) is 4.23. The van der Waals surface area contributed by atoms with Gasteiger partial charge in [0.25, 0.3) is 0 Å². The molecule has 0 fully saturated rings. The van der Waals surface area contributed by atoms with Crippen molar-refractivity contribution in [2.75, 3.05) is 24.4 Å². The Morgan fingerprint density at radius 1 is 1.47 bits per heavy atom. The standard InChI is InChI=1S/C12H25NO2S2/c1-4-5-8-17-10(2)12(15)13-11(6-7-14)9-16-3/h10-11,14H,4-9H2,1-3H3,(H,13,15). The minimum Gasteiger partial charge on any atom is -0.396 e. The normalized spacial score (nSPS) is 14.4. The summed E-state index contributed by atoms with van der Waals surface area (Å²) >= 11 is 3.40. The van der Waals surface area contributed by atoms with Crippen molar-refractivity contribution in [3.63, 3.8) is 0 Å². The van der Waals surface area contributed by atoms with Crippen molar-refractivity contribution in [1.29, 1.82) is 0 Å². The fourth-order valence-corrected chi connectivity index (χ4v) is 3.03. The Morgan fingerprint density at radius 3 is 2.71 bits per heavy atom. The zero-order valence-electron chi connectivity index (χ0n) is 11.1. The van der Waals surface area contributed by atoms with Gasteiger partial charge < -0.3 is 10.4 Å². The summed E-state index contributed by atoms with van der Waals surface area (Å²) in [5.74, 6) is 2.00. The van der Waals surface area contributed by atoms with E-state index in [-0.39, 0.29) is 23.8 Å². The summed E-state index contributed by atoms with van der Waals surface area (Å²) in [6.07, 6.45) is 4.98. The number of carbonyl (C=O) groups is 1. The first-order valence-electron chi connectivity index (χ1n) is 6.17. The van der Waals surface area contributed by atoms with E-state index in [0.29, 0.717) is 6.42 Å². The van der Waals surface area contributed by atoms with E-state index < -0.39 is 0 Å². The lowest BCUT2D eigenvalue weighted by molar-refractivity contribution is -0.120. The van der Waals surface area contributed by atoms with Crippen LogP contribution in [0.1, 0.15) is 33.1 Å². The molecular weight excluding hydrogens is 254 g/mol. The molecule has 5 heteroatoms. The van der Waals surface area contributed by atoms with Gasteiger partial charge in [0.15, 0.2) is 0 Å². The summed E-state index contributed by atoms with van der Waals surface area (Å²) in [5, 5.41) is 11.9. The number of aliphatic hydroxyl groups excluding tert-OH is 1. The number of nitrogens with one attached hydrogen (secondary N) is 1. The number of unbranched alkanes of at least 4 members (excludes halogenated alkanes) is 1. The van der Waals surface area contributed by atoms with Gasteiger partial charge in [-0.25, -0.2) is 0 Å². The van der Waals surface area contributed by atoms with E-state index in [0.717, 1.165) is 17.9 Å². The van der Waals surface area contributed by atoms with Crippen molar-refractivity contribution in [2.45, 2.75) is 44.4 Å². The van der Waals surface area contributed by atoms with Crippen LogP contribution in [-0.2, 0) is 4.79 Å². The van der Waals surface area contributed by atoms with Gasteiger partial charge in [0.1, 0.15) is 0 Å². The van der Waals surface area contributed by atoms with Gasteiger partial charge in [-0.3, -0.25) is 4.79 Å². The average Bonchev–Trinajstić information content (AvgIpc) is 2.29. The molecule has 2 unspecified atom stereocenters. The van der Waals surface area contributed by atoms with E-state index in [1.165, 1.54) is 6.42 Å². The Balaban J connectivity index is 3.92. The fraction of sp³-hybridized carbons (Fsp3) is 0.917. The molecule has 0 aliphatic rings. The Morgan fingerprint density at radius 2 is 2.18 bits per heavy atom. The minimum atomic E-state index is 0.00426. The smallest absolute Gasteiger partial charge is 0.233 e. The Kier molecular flexibility index (Phi) is 11.3. The molecule has 3 nitrogen and oxygen atoms in total. The van der Waals surface area contributed by atoms with E-state index in [2.05, 4.69) is 12.2 Å². The predicted octanol–water partition coefficient (Wildman–Crippen LogP) is 2.14. The minimum absolute atomic E-state index is 0.00426. The molecule has 0 aliphatic heterocycles. The highest BCUT2D eigenvalue weighted by atomic mass is 32.2. The molecule has 0 radical (unpaired) electrons. The zero-order valence-corrected chi connectivity index (χ0v) is 12.7. The first kappa shape index (κ1) is 17.1. The van der Waals surface area contributed by atoms with Crippen molar-refractivity contribution in [1.82, 2.24) is 5.32 Å². The lowest BCUT2D eigenvalue weighted by atomic mass is 10.2. The van der Waals surface area contributed by atoms with E-state index >= 15 is 0 Å². The topological polar surface area (TPSA) is 49.3 Å². The number of hydrogen-bond donors (Lipinski definition) is 2. The van der Waals surface area contributed by atoms with Gasteiger partial charge in [-0.1, -0.05) is 13.3 Å². The average molecular weight is 279 g/mol. The van der Waals surface area contributed by atoms with Crippen LogP contribution >= 0.6 is 23.5 Å². The first-order valence-corrected chi connectivity index (χ1v) is 8.61. The van der Waals surface area contributed by atoms with Gasteiger partial charge in [0, 0.05) is 18.4 Å². The van der Waals surface area contributed by atoms with Crippen LogP contribution in [0.3, 0.4) is 0 Å². The molecular formula is C12H25NO2S2. The Hall–Kier alpha value is 0.130. The number of aliphatic hydroxyl groups is 1. The molecule has 0 aromatic rings. The highest BCUT2D eigenvalue weighted by Crippen LogP contribution is 2.13. The van der Waals surface area contributed by atoms with E-state index in [1.807, 2.05) is 13.2 Å². The molecule has 0 saturated heterocycles. The number of carbonyl (C=O) groups excluding carboxylic acids is 1. The molecule has 0 aromatic carbocycles. The molecule has 0 heterocycles. The summed E-state index contributed by atoms with van der Waals surface area (Å²) < 4.78 is 0. The molecule has 0 rings (SSSR count). The summed E-state index contributed by atoms with van der Waals surface area (Å²) in [7, 11) is 0. The van der Waals surface area contributed by atoms with Crippen molar-refractivity contribution in [3.8, 4) is 0 Å². The highest BCUT2D eigenvalue weighted by molar-refractivity contribution is 8.00. The molecule has 0 aromatic heterocycles. The highest BCUT2D eigenvalue weighted by Gasteiger charge is 2.17. The second-order valence-electron chi connectivity index (χ2n) is 4.04. The molecule has 0 aliphatic carbocycles. The van der Waals surface area contributed by atoms with Crippen molar-refractivity contribution >= 4 is 29.4 Å². The van der Waals surface area contributed by atoms with Gasteiger partial charge in [-0.2, -0.15) is 11.8 Å². The van der Waals surface area contributed by atoms with Crippen molar-refractivity contribution in [2.24, 2.45) is 0 Å². The van der Waals surface area contributed by atoms with Gasteiger partial charge >= 0.3 is 0 Å². The van der Waals surface area contributed by atoms with Crippen LogP contribution in [0, 0.1) is 0 Å². The first-order chi connectivity index (χ1) is 8.15. The second kappa shape index (κ2) is 11.2. The summed E-state index contributed by atoms with van der Waals surface area (Å²) in [5.41, 5.74) is 0. The third-order valence-electron chi connectivity index (χ3n) is 2.43.